The van der Waals surface area contributed by atoms with Crippen LogP contribution in [0.2, 0.25) is 0 Å². The highest BCUT2D eigenvalue weighted by Crippen LogP contribution is 2.25. The lowest BCUT2D eigenvalue weighted by molar-refractivity contribution is -0.0563. The predicted molar refractivity (Wildman–Crippen MR) is 59.8 cm³/mol. The third kappa shape index (κ3) is 3.59. The molecule has 0 aromatic heterocycles. The zero-order valence-corrected chi connectivity index (χ0v) is 9.87. The Morgan fingerprint density at radius 2 is 2.27 bits per heavy atom. The molecule has 0 amide bonds. The second-order valence-electron chi connectivity index (χ2n) is 4.15. The fourth-order valence-corrected chi connectivity index (χ4v) is 3.08. The van der Waals surface area contributed by atoms with Gasteiger partial charge >= 0.3 is 0 Å². The largest absolute Gasteiger partial charge is 0.378 e. The monoisotopic (exact) mass is 233 g/mol. The van der Waals surface area contributed by atoms with Crippen LogP contribution in [0, 0.1) is 5.92 Å². The molecule has 0 aromatic carbocycles. The van der Waals surface area contributed by atoms with Crippen molar-refractivity contribution >= 4 is 10.0 Å². The van der Waals surface area contributed by atoms with E-state index < -0.39 is 15.3 Å². The summed E-state index contributed by atoms with van der Waals surface area (Å²) in [6, 6.07) is 0. The number of primary sulfonamides is 1. The lowest BCUT2D eigenvalue weighted by Crippen LogP contribution is -2.40. The Hall–Kier alpha value is -0.390. The van der Waals surface area contributed by atoms with Gasteiger partial charge in [-0.3, -0.25) is 0 Å². The van der Waals surface area contributed by atoms with Gasteiger partial charge in [-0.1, -0.05) is 13.0 Å². The summed E-state index contributed by atoms with van der Waals surface area (Å²) >= 11 is 0. The zero-order chi connectivity index (χ0) is 11.5. The second kappa shape index (κ2) is 5.09. The van der Waals surface area contributed by atoms with Crippen LogP contribution < -0.4 is 5.14 Å². The number of rotatable bonds is 6. The summed E-state index contributed by atoms with van der Waals surface area (Å²) in [5, 5.41) is 4.71. The maximum absolute atomic E-state index is 11.4. The summed E-state index contributed by atoms with van der Waals surface area (Å²) in [5.41, 5.74) is 0. The first-order valence-corrected chi connectivity index (χ1v) is 6.80. The number of nitrogens with two attached hydrogens (primary N) is 1. The topological polar surface area (TPSA) is 69.4 Å². The van der Waals surface area contributed by atoms with Crippen molar-refractivity contribution in [1.82, 2.24) is 0 Å². The quantitative estimate of drug-likeness (QED) is 0.697. The average Bonchev–Trinajstić information content (AvgIpc) is 1.99. The minimum absolute atomic E-state index is 0.00157. The van der Waals surface area contributed by atoms with Gasteiger partial charge in [0.2, 0.25) is 10.0 Å². The average molecular weight is 233 g/mol. The SMILES string of the molecule is C=CCC(C)C(C[C@H]1CCO1)S(N)(=O)=O. The molecule has 0 spiro atoms. The van der Waals surface area contributed by atoms with Crippen LogP contribution in [0.5, 0.6) is 0 Å². The lowest BCUT2D eigenvalue weighted by Gasteiger charge is -2.31. The smallest absolute Gasteiger partial charge is 0.212 e. The van der Waals surface area contributed by atoms with E-state index >= 15 is 0 Å². The van der Waals surface area contributed by atoms with Gasteiger partial charge in [0.1, 0.15) is 0 Å². The molecule has 4 nitrogen and oxygen atoms in total. The minimum atomic E-state index is -3.49. The predicted octanol–water partition coefficient (Wildman–Crippen LogP) is 1.03. The Labute approximate surface area is 91.5 Å². The van der Waals surface area contributed by atoms with Gasteiger partial charge in [0.05, 0.1) is 11.4 Å². The van der Waals surface area contributed by atoms with Gasteiger partial charge in [-0.2, -0.15) is 0 Å². The molecule has 1 saturated heterocycles. The van der Waals surface area contributed by atoms with Gasteiger partial charge in [-0.15, -0.1) is 6.58 Å². The molecule has 0 aliphatic carbocycles. The van der Waals surface area contributed by atoms with Crippen molar-refractivity contribution in [2.75, 3.05) is 6.61 Å². The highest BCUT2D eigenvalue weighted by molar-refractivity contribution is 7.89. The maximum atomic E-state index is 11.4. The van der Waals surface area contributed by atoms with Crippen molar-refractivity contribution in [3.8, 4) is 0 Å². The number of sulfonamides is 1. The molecule has 2 N–H and O–H groups in total. The number of ether oxygens (including phenoxy) is 1. The molecule has 1 heterocycles. The van der Waals surface area contributed by atoms with Crippen LogP contribution in [0.3, 0.4) is 0 Å². The van der Waals surface area contributed by atoms with E-state index in [9.17, 15) is 8.42 Å². The Kier molecular flexibility index (Phi) is 4.31. The molecular weight excluding hydrogens is 214 g/mol. The summed E-state index contributed by atoms with van der Waals surface area (Å²) in [5.74, 6) is 0.00157. The van der Waals surface area contributed by atoms with Gasteiger partial charge in [-0.05, 0) is 25.2 Å². The second-order valence-corrected chi connectivity index (χ2v) is 5.93. The molecule has 1 aliphatic heterocycles. The van der Waals surface area contributed by atoms with Crippen LogP contribution in [0.15, 0.2) is 12.7 Å². The van der Waals surface area contributed by atoms with E-state index in [2.05, 4.69) is 6.58 Å². The number of allylic oxidation sites excluding steroid dienone is 1. The van der Waals surface area contributed by atoms with Gasteiger partial charge in [-0.25, -0.2) is 13.6 Å². The van der Waals surface area contributed by atoms with Gasteiger partial charge in [0.25, 0.3) is 0 Å². The van der Waals surface area contributed by atoms with Gasteiger partial charge < -0.3 is 4.74 Å². The summed E-state index contributed by atoms with van der Waals surface area (Å²) in [6.07, 6.45) is 3.90. The highest BCUT2D eigenvalue weighted by atomic mass is 32.2. The van der Waals surface area contributed by atoms with E-state index in [-0.39, 0.29) is 12.0 Å². The maximum Gasteiger partial charge on any atom is 0.212 e. The third-order valence-electron chi connectivity index (χ3n) is 2.88. The molecule has 88 valence electrons. The zero-order valence-electron chi connectivity index (χ0n) is 9.06. The molecule has 1 rings (SSSR count). The molecule has 0 aromatic rings. The number of hydrogen-bond acceptors (Lipinski definition) is 3. The summed E-state index contributed by atoms with van der Waals surface area (Å²) in [7, 11) is -3.49. The van der Waals surface area contributed by atoms with Gasteiger partial charge in [0.15, 0.2) is 0 Å². The third-order valence-corrected chi connectivity index (χ3v) is 4.38. The first-order chi connectivity index (χ1) is 6.95. The summed E-state index contributed by atoms with van der Waals surface area (Å²) < 4.78 is 28.1. The lowest BCUT2D eigenvalue weighted by atomic mass is 9.96. The molecule has 3 atom stereocenters. The highest BCUT2D eigenvalue weighted by Gasteiger charge is 2.32. The first-order valence-electron chi connectivity index (χ1n) is 5.19. The molecule has 2 unspecified atom stereocenters. The summed E-state index contributed by atoms with van der Waals surface area (Å²) in [6.45, 7) is 6.23. The van der Waals surface area contributed by atoms with Crippen molar-refractivity contribution in [2.45, 2.75) is 37.5 Å². The van der Waals surface area contributed by atoms with E-state index in [1.165, 1.54) is 0 Å². The Balaban J connectivity index is 2.63. The van der Waals surface area contributed by atoms with E-state index in [0.717, 1.165) is 13.0 Å². The van der Waals surface area contributed by atoms with Crippen LogP contribution in [-0.4, -0.2) is 26.4 Å². The van der Waals surface area contributed by atoms with Gasteiger partial charge in [0, 0.05) is 6.61 Å². The van der Waals surface area contributed by atoms with Crippen LogP contribution in [-0.2, 0) is 14.8 Å². The van der Waals surface area contributed by atoms with Crippen LogP contribution >= 0.6 is 0 Å². The number of hydrogen-bond donors (Lipinski definition) is 1. The molecule has 0 radical (unpaired) electrons. The van der Waals surface area contributed by atoms with E-state index in [1.807, 2.05) is 6.92 Å². The molecule has 1 aliphatic rings. The molecule has 15 heavy (non-hydrogen) atoms. The Bertz CT molecular complexity index is 309. The fourth-order valence-electron chi connectivity index (χ4n) is 1.83. The van der Waals surface area contributed by atoms with Crippen molar-refractivity contribution in [3.05, 3.63) is 12.7 Å². The van der Waals surface area contributed by atoms with E-state index in [1.54, 1.807) is 6.08 Å². The van der Waals surface area contributed by atoms with Crippen molar-refractivity contribution in [3.63, 3.8) is 0 Å². The van der Waals surface area contributed by atoms with Crippen LogP contribution in [0.4, 0.5) is 0 Å². The molecule has 1 fully saturated rings. The van der Waals surface area contributed by atoms with Crippen molar-refractivity contribution in [1.29, 1.82) is 0 Å². The fraction of sp³-hybridized carbons (Fsp3) is 0.800. The molecule has 0 saturated carbocycles. The normalized spacial score (nSPS) is 25.3. The molecule has 0 bridgehead atoms. The first kappa shape index (κ1) is 12.7. The van der Waals surface area contributed by atoms with Crippen LogP contribution in [0.25, 0.3) is 0 Å². The minimum Gasteiger partial charge on any atom is -0.378 e. The van der Waals surface area contributed by atoms with Crippen molar-refractivity contribution in [2.24, 2.45) is 11.1 Å². The molecular formula is C10H19NO3S. The Morgan fingerprint density at radius 3 is 2.60 bits per heavy atom. The van der Waals surface area contributed by atoms with Crippen molar-refractivity contribution < 1.29 is 13.2 Å². The standard InChI is InChI=1S/C10H19NO3S/c1-3-4-8(2)10(15(11,12)13)7-9-5-6-14-9/h3,8-10H,1,4-7H2,2H3,(H2,11,12,13)/t8?,9-,10?/m1/s1. The van der Waals surface area contributed by atoms with E-state index in [0.29, 0.717) is 12.8 Å². The molecule has 5 heteroatoms. The summed E-state index contributed by atoms with van der Waals surface area (Å²) in [4.78, 5) is 0. The Morgan fingerprint density at radius 1 is 1.67 bits per heavy atom. The van der Waals surface area contributed by atoms with E-state index in [4.69, 9.17) is 9.88 Å². The van der Waals surface area contributed by atoms with Crippen LogP contribution in [0.1, 0.15) is 26.2 Å².